The fourth-order valence-electron chi connectivity index (χ4n) is 0.950. The fraction of sp³-hybridized carbons (Fsp3) is 0.250. The number of carbonyl (C=O) groups excluding carboxylic acids is 1. The molecule has 1 aromatic heterocycles. The SMILES string of the molecule is COc1cnc(C(F)F)c(O)c1C=O. The quantitative estimate of drug-likeness (QED) is 0.757. The van der Waals surface area contributed by atoms with Crippen molar-refractivity contribution in [1.82, 2.24) is 4.98 Å². The number of aromatic nitrogens is 1. The number of alkyl halides is 2. The highest BCUT2D eigenvalue weighted by Gasteiger charge is 2.20. The zero-order valence-corrected chi connectivity index (χ0v) is 7.20. The van der Waals surface area contributed by atoms with Gasteiger partial charge >= 0.3 is 0 Å². The summed E-state index contributed by atoms with van der Waals surface area (Å²) in [5.41, 5.74) is -1.15. The minimum atomic E-state index is -2.93. The Labute approximate surface area is 78.1 Å². The lowest BCUT2D eigenvalue weighted by Gasteiger charge is -2.08. The number of nitrogens with zero attached hydrogens (tertiary/aromatic N) is 1. The molecule has 0 bridgehead atoms. The van der Waals surface area contributed by atoms with E-state index in [2.05, 4.69) is 9.72 Å². The van der Waals surface area contributed by atoms with E-state index in [1.807, 2.05) is 0 Å². The Kier molecular flexibility index (Phi) is 2.95. The molecule has 0 spiro atoms. The highest BCUT2D eigenvalue weighted by atomic mass is 19.3. The van der Waals surface area contributed by atoms with Crippen LogP contribution in [0, 0.1) is 0 Å². The minimum Gasteiger partial charge on any atom is -0.505 e. The van der Waals surface area contributed by atoms with Gasteiger partial charge in [0.05, 0.1) is 13.3 Å². The smallest absolute Gasteiger partial charge is 0.284 e. The molecule has 1 aromatic rings. The second kappa shape index (κ2) is 3.99. The summed E-state index contributed by atoms with van der Waals surface area (Å²) >= 11 is 0. The number of pyridine rings is 1. The van der Waals surface area contributed by atoms with Crippen LogP contribution in [0.2, 0.25) is 0 Å². The molecule has 0 saturated carbocycles. The van der Waals surface area contributed by atoms with Crippen LogP contribution in [-0.4, -0.2) is 23.5 Å². The third-order valence-corrected chi connectivity index (χ3v) is 1.63. The van der Waals surface area contributed by atoms with Gasteiger partial charge in [0.2, 0.25) is 0 Å². The lowest BCUT2D eigenvalue weighted by molar-refractivity contribution is 0.111. The number of hydrogen-bond donors (Lipinski definition) is 1. The van der Waals surface area contributed by atoms with Crippen LogP contribution in [0.3, 0.4) is 0 Å². The third-order valence-electron chi connectivity index (χ3n) is 1.63. The molecule has 1 heterocycles. The molecule has 76 valence electrons. The Hall–Kier alpha value is -1.72. The molecule has 0 saturated heterocycles. The number of aromatic hydroxyl groups is 1. The molecule has 1 N–H and O–H groups in total. The lowest BCUT2D eigenvalue weighted by atomic mass is 10.2. The number of carbonyl (C=O) groups is 1. The first kappa shape index (κ1) is 10.4. The second-order valence-corrected chi connectivity index (χ2v) is 2.39. The van der Waals surface area contributed by atoms with Crippen molar-refractivity contribution in [3.8, 4) is 11.5 Å². The Morgan fingerprint density at radius 1 is 1.64 bits per heavy atom. The van der Waals surface area contributed by atoms with Gasteiger partial charge < -0.3 is 9.84 Å². The molecule has 6 heteroatoms. The van der Waals surface area contributed by atoms with Crippen LogP contribution in [0.4, 0.5) is 8.78 Å². The van der Waals surface area contributed by atoms with Gasteiger partial charge in [-0.1, -0.05) is 0 Å². The van der Waals surface area contributed by atoms with Crippen molar-refractivity contribution in [1.29, 1.82) is 0 Å². The van der Waals surface area contributed by atoms with E-state index in [0.29, 0.717) is 0 Å². The third kappa shape index (κ3) is 1.63. The first-order chi connectivity index (χ1) is 6.61. The summed E-state index contributed by atoms with van der Waals surface area (Å²) in [5.74, 6) is -0.878. The van der Waals surface area contributed by atoms with Gasteiger partial charge in [0.25, 0.3) is 6.43 Å². The van der Waals surface area contributed by atoms with Gasteiger partial charge in [0.15, 0.2) is 17.8 Å². The average molecular weight is 203 g/mol. The van der Waals surface area contributed by atoms with E-state index in [1.54, 1.807) is 0 Å². The van der Waals surface area contributed by atoms with Gasteiger partial charge in [-0.3, -0.25) is 4.79 Å². The highest BCUT2D eigenvalue weighted by molar-refractivity contribution is 5.83. The predicted octanol–water partition coefficient (Wildman–Crippen LogP) is 1.55. The van der Waals surface area contributed by atoms with Crippen LogP contribution < -0.4 is 4.74 Å². The van der Waals surface area contributed by atoms with Crippen molar-refractivity contribution in [2.45, 2.75) is 6.43 Å². The topological polar surface area (TPSA) is 59.4 Å². The first-order valence-electron chi connectivity index (χ1n) is 3.61. The van der Waals surface area contributed by atoms with Crippen molar-refractivity contribution in [3.63, 3.8) is 0 Å². The maximum absolute atomic E-state index is 12.2. The summed E-state index contributed by atoms with van der Waals surface area (Å²) in [6, 6.07) is 0. The van der Waals surface area contributed by atoms with Crippen LogP contribution in [-0.2, 0) is 0 Å². The van der Waals surface area contributed by atoms with Gasteiger partial charge in [0.1, 0.15) is 11.3 Å². The molecule has 0 amide bonds. The van der Waals surface area contributed by atoms with Crippen molar-refractivity contribution in [3.05, 3.63) is 17.5 Å². The normalized spacial score (nSPS) is 10.3. The van der Waals surface area contributed by atoms with Gasteiger partial charge in [-0.25, -0.2) is 13.8 Å². The van der Waals surface area contributed by atoms with E-state index in [9.17, 15) is 18.7 Å². The Morgan fingerprint density at radius 2 is 2.29 bits per heavy atom. The molecule has 14 heavy (non-hydrogen) atoms. The van der Waals surface area contributed by atoms with E-state index in [4.69, 9.17) is 0 Å². The summed E-state index contributed by atoms with van der Waals surface area (Å²) in [4.78, 5) is 13.7. The number of rotatable bonds is 3. The monoisotopic (exact) mass is 203 g/mol. The van der Waals surface area contributed by atoms with E-state index in [0.717, 1.165) is 6.20 Å². The first-order valence-corrected chi connectivity index (χ1v) is 3.61. The number of methoxy groups -OCH3 is 1. The molecule has 0 fully saturated rings. The molecule has 0 unspecified atom stereocenters. The fourth-order valence-corrected chi connectivity index (χ4v) is 0.950. The Morgan fingerprint density at radius 3 is 2.71 bits per heavy atom. The van der Waals surface area contributed by atoms with Crippen molar-refractivity contribution in [2.75, 3.05) is 7.11 Å². The van der Waals surface area contributed by atoms with Gasteiger partial charge in [-0.15, -0.1) is 0 Å². The molecule has 4 nitrogen and oxygen atoms in total. The summed E-state index contributed by atoms with van der Waals surface area (Å²) < 4.78 is 29.1. The number of halogens is 2. The molecule has 0 aliphatic heterocycles. The second-order valence-electron chi connectivity index (χ2n) is 2.39. The van der Waals surface area contributed by atoms with E-state index < -0.39 is 17.9 Å². The molecule has 0 aromatic carbocycles. The average Bonchev–Trinajstić information content (AvgIpc) is 2.16. The number of hydrogen-bond acceptors (Lipinski definition) is 4. The van der Waals surface area contributed by atoms with Gasteiger partial charge in [-0.2, -0.15) is 0 Å². The Bertz CT molecular complexity index is 355. The largest absolute Gasteiger partial charge is 0.505 e. The van der Waals surface area contributed by atoms with Crippen molar-refractivity contribution >= 4 is 6.29 Å². The molecule has 0 atom stereocenters. The maximum atomic E-state index is 12.2. The van der Waals surface area contributed by atoms with Crippen LogP contribution in [0.1, 0.15) is 22.5 Å². The summed E-state index contributed by atoms with van der Waals surface area (Å²) in [6.07, 6.45) is -1.73. The van der Waals surface area contributed by atoms with Gasteiger partial charge in [-0.05, 0) is 0 Å². The van der Waals surface area contributed by atoms with Crippen LogP contribution >= 0.6 is 0 Å². The van der Waals surface area contributed by atoms with E-state index in [1.165, 1.54) is 7.11 Å². The van der Waals surface area contributed by atoms with E-state index in [-0.39, 0.29) is 17.6 Å². The van der Waals surface area contributed by atoms with Crippen LogP contribution in [0.5, 0.6) is 11.5 Å². The molecular formula is C8H7F2NO3. The Balaban J connectivity index is 3.34. The summed E-state index contributed by atoms with van der Waals surface area (Å²) in [5, 5.41) is 9.22. The van der Waals surface area contributed by atoms with E-state index >= 15 is 0 Å². The lowest BCUT2D eigenvalue weighted by Crippen LogP contribution is -1.98. The molecule has 0 aliphatic carbocycles. The molecule has 1 rings (SSSR count). The molecule has 0 radical (unpaired) electrons. The zero-order valence-electron chi connectivity index (χ0n) is 7.20. The zero-order chi connectivity index (χ0) is 10.7. The number of aldehydes is 1. The predicted molar refractivity (Wildman–Crippen MR) is 42.8 cm³/mol. The molecular weight excluding hydrogens is 196 g/mol. The summed E-state index contributed by atoms with van der Waals surface area (Å²) in [6.45, 7) is 0. The van der Waals surface area contributed by atoms with Crippen LogP contribution in [0.15, 0.2) is 6.20 Å². The molecule has 0 aliphatic rings. The van der Waals surface area contributed by atoms with Gasteiger partial charge in [0, 0.05) is 0 Å². The number of ether oxygens (including phenoxy) is 1. The maximum Gasteiger partial charge on any atom is 0.284 e. The summed E-state index contributed by atoms with van der Waals surface area (Å²) in [7, 11) is 1.24. The standard InChI is InChI=1S/C8H7F2NO3/c1-14-5-2-11-6(8(9)10)7(13)4(5)3-12/h2-3,8,13H,1H3. The minimum absolute atomic E-state index is 0.0399. The van der Waals surface area contributed by atoms with Crippen LogP contribution in [0.25, 0.3) is 0 Å². The van der Waals surface area contributed by atoms with Crippen molar-refractivity contribution in [2.24, 2.45) is 0 Å². The highest BCUT2D eigenvalue weighted by Crippen LogP contribution is 2.32. The van der Waals surface area contributed by atoms with Crippen molar-refractivity contribution < 1.29 is 23.4 Å².